The summed E-state index contributed by atoms with van der Waals surface area (Å²) < 4.78 is 0. The van der Waals surface area contributed by atoms with Crippen LogP contribution in [-0.4, -0.2) is 11.6 Å². The highest BCUT2D eigenvalue weighted by Crippen LogP contribution is 2.25. The molecule has 1 amide bonds. The highest BCUT2D eigenvalue weighted by molar-refractivity contribution is 5.95. The van der Waals surface area contributed by atoms with E-state index >= 15 is 0 Å². The molecule has 0 saturated heterocycles. The van der Waals surface area contributed by atoms with Gasteiger partial charge in [-0.25, -0.2) is 5.43 Å². The van der Waals surface area contributed by atoms with Gasteiger partial charge in [0.15, 0.2) is 0 Å². The van der Waals surface area contributed by atoms with Gasteiger partial charge in [0.1, 0.15) is 0 Å². The lowest BCUT2D eigenvalue weighted by Gasteiger charge is -2.08. The fourth-order valence-corrected chi connectivity index (χ4v) is 2.23. The molecule has 1 aromatic carbocycles. The second-order valence-electron chi connectivity index (χ2n) is 4.54. The lowest BCUT2D eigenvalue weighted by atomic mass is 10.0. The Hall–Kier alpha value is -1.64. The first-order valence-electron chi connectivity index (χ1n) is 6.17. The summed E-state index contributed by atoms with van der Waals surface area (Å²) in [6.45, 7) is 2.00. The molecule has 1 aromatic rings. The fraction of sp³-hybridized carbons (Fsp3) is 0.429. The molecule has 1 fully saturated rings. The number of nitrogens with one attached hydrogen (secondary N) is 1. The zero-order valence-electron chi connectivity index (χ0n) is 10.1. The van der Waals surface area contributed by atoms with Gasteiger partial charge in [0, 0.05) is 11.3 Å². The Labute approximate surface area is 102 Å². The number of hydrazone groups is 1. The van der Waals surface area contributed by atoms with Crippen molar-refractivity contribution < 1.29 is 4.79 Å². The standard InChI is InChI=1S/C14H18N2O/c1-11(12-7-5-6-8-12)15-16-14(17)13-9-3-2-4-10-13/h2-4,9-10,12H,5-8H2,1H3,(H,16,17)/b15-11+. The molecule has 0 spiro atoms. The van der Waals surface area contributed by atoms with E-state index in [1.165, 1.54) is 25.7 Å². The molecule has 0 aliphatic heterocycles. The van der Waals surface area contributed by atoms with Gasteiger partial charge in [-0.1, -0.05) is 31.0 Å². The first-order chi connectivity index (χ1) is 8.27. The van der Waals surface area contributed by atoms with E-state index in [4.69, 9.17) is 0 Å². The van der Waals surface area contributed by atoms with E-state index in [1.54, 1.807) is 12.1 Å². The molecule has 0 unspecified atom stereocenters. The van der Waals surface area contributed by atoms with Crippen molar-refractivity contribution in [2.75, 3.05) is 0 Å². The van der Waals surface area contributed by atoms with E-state index in [0.717, 1.165) is 5.71 Å². The minimum Gasteiger partial charge on any atom is -0.267 e. The van der Waals surface area contributed by atoms with Crippen LogP contribution < -0.4 is 5.43 Å². The van der Waals surface area contributed by atoms with Crippen LogP contribution >= 0.6 is 0 Å². The molecular weight excluding hydrogens is 212 g/mol. The Morgan fingerprint density at radius 2 is 1.88 bits per heavy atom. The average molecular weight is 230 g/mol. The Balaban J connectivity index is 1.93. The number of rotatable bonds is 3. The van der Waals surface area contributed by atoms with Gasteiger partial charge in [0.05, 0.1) is 0 Å². The second kappa shape index (κ2) is 5.62. The minimum absolute atomic E-state index is 0.136. The number of benzene rings is 1. The summed E-state index contributed by atoms with van der Waals surface area (Å²) in [4.78, 5) is 11.7. The topological polar surface area (TPSA) is 41.5 Å². The van der Waals surface area contributed by atoms with Gasteiger partial charge >= 0.3 is 0 Å². The van der Waals surface area contributed by atoms with Crippen LogP contribution in [0.25, 0.3) is 0 Å². The van der Waals surface area contributed by atoms with Gasteiger partial charge in [-0.2, -0.15) is 5.10 Å². The molecule has 3 heteroatoms. The fourth-order valence-electron chi connectivity index (χ4n) is 2.23. The third kappa shape index (κ3) is 3.16. The van der Waals surface area contributed by atoms with Crippen LogP contribution in [0, 0.1) is 5.92 Å². The summed E-state index contributed by atoms with van der Waals surface area (Å²) in [6, 6.07) is 9.17. The maximum atomic E-state index is 11.7. The summed E-state index contributed by atoms with van der Waals surface area (Å²) in [6.07, 6.45) is 4.97. The maximum absolute atomic E-state index is 11.7. The van der Waals surface area contributed by atoms with Crippen LogP contribution in [0.2, 0.25) is 0 Å². The van der Waals surface area contributed by atoms with E-state index in [2.05, 4.69) is 10.5 Å². The third-order valence-electron chi connectivity index (χ3n) is 3.32. The summed E-state index contributed by atoms with van der Waals surface area (Å²) in [5.41, 5.74) is 4.32. The first kappa shape index (κ1) is 11.8. The Morgan fingerprint density at radius 1 is 1.24 bits per heavy atom. The second-order valence-corrected chi connectivity index (χ2v) is 4.54. The van der Waals surface area contributed by atoms with E-state index < -0.39 is 0 Å². The van der Waals surface area contributed by atoms with Crippen molar-refractivity contribution in [2.24, 2.45) is 11.0 Å². The van der Waals surface area contributed by atoms with Crippen molar-refractivity contribution in [3.63, 3.8) is 0 Å². The summed E-state index contributed by atoms with van der Waals surface area (Å²) in [7, 11) is 0. The smallest absolute Gasteiger partial charge is 0.267 e. The summed E-state index contributed by atoms with van der Waals surface area (Å²) >= 11 is 0. The molecule has 0 aromatic heterocycles. The Morgan fingerprint density at radius 3 is 2.53 bits per heavy atom. The van der Waals surface area contributed by atoms with Crippen molar-refractivity contribution in [3.8, 4) is 0 Å². The molecule has 1 aliphatic carbocycles. The van der Waals surface area contributed by atoms with Crippen LogP contribution in [0.4, 0.5) is 0 Å². The molecule has 1 N–H and O–H groups in total. The van der Waals surface area contributed by atoms with Gasteiger partial charge in [-0.3, -0.25) is 4.79 Å². The minimum atomic E-state index is -0.136. The van der Waals surface area contributed by atoms with Crippen molar-refractivity contribution in [1.29, 1.82) is 0 Å². The largest absolute Gasteiger partial charge is 0.271 e. The number of carbonyl (C=O) groups is 1. The highest BCUT2D eigenvalue weighted by Gasteiger charge is 2.17. The zero-order chi connectivity index (χ0) is 12.1. The van der Waals surface area contributed by atoms with Crippen molar-refractivity contribution in [2.45, 2.75) is 32.6 Å². The lowest BCUT2D eigenvalue weighted by Crippen LogP contribution is -2.21. The van der Waals surface area contributed by atoms with Gasteiger partial charge in [-0.15, -0.1) is 0 Å². The molecule has 2 rings (SSSR count). The molecular formula is C14H18N2O. The highest BCUT2D eigenvalue weighted by atomic mass is 16.2. The molecule has 90 valence electrons. The van der Waals surface area contributed by atoms with Crippen molar-refractivity contribution >= 4 is 11.6 Å². The van der Waals surface area contributed by atoms with E-state index in [0.29, 0.717) is 11.5 Å². The van der Waals surface area contributed by atoms with Crippen LogP contribution in [0.15, 0.2) is 35.4 Å². The molecule has 1 saturated carbocycles. The van der Waals surface area contributed by atoms with Crippen LogP contribution in [0.5, 0.6) is 0 Å². The van der Waals surface area contributed by atoms with Crippen LogP contribution in [-0.2, 0) is 0 Å². The monoisotopic (exact) mass is 230 g/mol. The molecule has 0 atom stereocenters. The quantitative estimate of drug-likeness (QED) is 0.629. The number of carbonyl (C=O) groups excluding carboxylic acids is 1. The summed E-state index contributed by atoms with van der Waals surface area (Å²) in [5.74, 6) is 0.425. The predicted molar refractivity (Wildman–Crippen MR) is 69.0 cm³/mol. The zero-order valence-corrected chi connectivity index (χ0v) is 10.1. The van der Waals surface area contributed by atoms with Gasteiger partial charge < -0.3 is 0 Å². The van der Waals surface area contributed by atoms with Crippen LogP contribution in [0.1, 0.15) is 43.0 Å². The predicted octanol–water partition coefficient (Wildman–Crippen LogP) is 2.98. The summed E-state index contributed by atoms with van der Waals surface area (Å²) in [5, 5.41) is 4.20. The number of hydrogen-bond donors (Lipinski definition) is 1. The van der Waals surface area contributed by atoms with Crippen molar-refractivity contribution in [1.82, 2.24) is 5.43 Å². The van der Waals surface area contributed by atoms with Gasteiger partial charge in [0.25, 0.3) is 5.91 Å². The normalized spacial score (nSPS) is 17.1. The molecule has 3 nitrogen and oxygen atoms in total. The average Bonchev–Trinajstić information content (AvgIpc) is 2.90. The lowest BCUT2D eigenvalue weighted by molar-refractivity contribution is 0.0954. The van der Waals surface area contributed by atoms with Crippen molar-refractivity contribution in [3.05, 3.63) is 35.9 Å². The molecule has 17 heavy (non-hydrogen) atoms. The first-order valence-corrected chi connectivity index (χ1v) is 6.17. The van der Waals surface area contributed by atoms with Gasteiger partial charge in [-0.05, 0) is 37.8 Å². The van der Waals surface area contributed by atoms with E-state index in [-0.39, 0.29) is 5.91 Å². The SMILES string of the molecule is C/C(=N\NC(=O)c1ccccc1)C1CCCC1. The number of hydrogen-bond acceptors (Lipinski definition) is 2. The molecule has 0 heterocycles. The Kier molecular flexibility index (Phi) is 3.91. The number of nitrogens with zero attached hydrogens (tertiary/aromatic N) is 1. The molecule has 0 radical (unpaired) electrons. The molecule has 1 aliphatic rings. The Bertz CT molecular complexity index is 405. The third-order valence-corrected chi connectivity index (χ3v) is 3.32. The van der Waals surface area contributed by atoms with Gasteiger partial charge in [0.2, 0.25) is 0 Å². The van der Waals surface area contributed by atoms with E-state index in [1.807, 2.05) is 25.1 Å². The van der Waals surface area contributed by atoms with Crippen LogP contribution in [0.3, 0.4) is 0 Å². The van der Waals surface area contributed by atoms with E-state index in [9.17, 15) is 4.79 Å². The number of amides is 1. The molecule has 0 bridgehead atoms. The maximum Gasteiger partial charge on any atom is 0.271 e.